The summed E-state index contributed by atoms with van der Waals surface area (Å²) < 4.78 is 19.7. The molecule has 1 fully saturated rings. The van der Waals surface area contributed by atoms with Gasteiger partial charge >= 0.3 is 0 Å². The molecule has 1 aromatic heterocycles. The number of nitrogens with one attached hydrogen (secondary N) is 1. The maximum absolute atomic E-state index is 13.0. The summed E-state index contributed by atoms with van der Waals surface area (Å²) in [5.41, 5.74) is 0.654. The van der Waals surface area contributed by atoms with Gasteiger partial charge in [-0.1, -0.05) is 11.8 Å². The molecule has 2 heterocycles. The maximum Gasteiger partial charge on any atom is 0.230 e. The molecule has 3 rings (SSSR count). The van der Waals surface area contributed by atoms with Crippen LogP contribution in [0.25, 0.3) is 11.4 Å². The smallest absolute Gasteiger partial charge is 0.230 e. The van der Waals surface area contributed by atoms with Gasteiger partial charge in [-0.2, -0.15) is 0 Å². The van der Waals surface area contributed by atoms with Gasteiger partial charge < -0.3 is 15.9 Å². The number of halogens is 1. The highest BCUT2D eigenvalue weighted by molar-refractivity contribution is 7.99. The quantitative estimate of drug-likeness (QED) is 0.599. The summed E-state index contributed by atoms with van der Waals surface area (Å²) in [7, 11) is 0. The summed E-state index contributed by atoms with van der Waals surface area (Å²) >= 11 is 1.19. The first kappa shape index (κ1) is 16.7. The van der Waals surface area contributed by atoms with Gasteiger partial charge in [0, 0.05) is 18.7 Å². The number of nitrogen functional groups attached to an aromatic ring is 1. The molecule has 1 aromatic carbocycles. The highest BCUT2D eigenvalue weighted by Crippen LogP contribution is 2.21. The van der Waals surface area contributed by atoms with E-state index >= 15 is 0 Å². The third-order valence-electron chi connectivity index (χ3n) is 3.65. The van der Waals surface area contributed by atoms with E-state index in [1.807, 2.05) is 0 Å². The van der Waals surface area contributed by atoms with E-state index in [-0.39, 0.29) is 23.6 Å². The molecule has 0 aliphatic carbocycles. The molecule has 1 aliphatic rings. The monoisotopic (exact) mass is 351 g/mol. The largest absolute Gasteiger partial charge is 0.376 e. The Morgan fingerprint density at radius 2 is 2.21 bits per heavy atom. The summed E-state index contributed by atoms with van der Waals surface area (Å²) in [5, 5.41) is 11.2. The fraction of sp³-hybridized carbons (Fsp3) is 0.400. The molecule has 3 N–H and O–H groups in total. The van der Waals surface area contributed by atoms with Crippen LogP contribution in [0.2, 0.25) is 0 Å². The first-order valence-electron chi connectivity index (χ1n) is 7.61. The number of benzene rings is 1. The molecule has 1 aliphatic heterocycles. The number of thioether (sulfide) groups is 1. The zero-order valence-corrected chi connectivity index (χ0v) is 13.8. The van der Waals surface area contributed by atoms with Crippen LogP contribution in [-0.4, -0.2) is 45.8 Å². The number of hydrogen-bond donors (Lipinski definition) is 2. The van der Waals surface area contributed by atoms with Gasteiger partial charge in [0.2, 0.25) is 11.1 Å². The van der Waals surface area contributed by atoms with Crippen molar-refractivity contribution in [3.05, 3.63) is 30.1 Å². The van der Waals surface area contributed by atoms with Crippen molar-refractivity contribution in [1.29, 1.82) is 0 Å². The molecule has 1 amide bonds. The first-order valence-corrected chi connectivity index (χ1v) is 8.59. The molecule has 1 atom stereocenters. The Hall–Kier alpha value is -2.13. The summed E-state index contributed by atoms with van der Waals surface area (Å²) in [6.45, 7) is 1.28. The minimum absolute atomic E-state index is 0.109. The number of rotatable bonds is 6. The number of nitrogens with zero attached hydrogens (tertiary/aromatic N) is 3. The van der Waals surface area contributed by atoms with E-state index in [1.165, 1.54) is 28.6 Å². The van der Waals surface area contributed by atoms with Crippen molar-refractivity contribution >= 4 is 17.7 Å². The lowest BCUT2D eigenvalue weighted by Crippen LogP contribution is -2.33. The Balaban J connectivity index is 1.54. The van der Waals surface area contributed by atoms with Gasteiger partial charge in [0.15, 0.2) is 5.82 Å². The fourth-order valence-electron chi connectivity index (χ4n) is 2.39. The van der Waals surface area contributed by atoms with Gasteiger partial charge in [0.1, 0.15) is 5.82 Å². The standard InChI is InChI=1S/C15H18FN5O2S/c16-11-5-3-10(4-6-11)14-19-20-15(21(14)17)24-9-13(22)18-8-12-2-1-7-23-12/h3-6,12H,1-2,7-9,17H2,(H,18,22). The lowest BCUT2D eigenvalue weighted by Gasteiger charge is -2.10. The molecule has 0 saturated carbocycles. The summed E-state index contributed by atoms with van der Waals surface area (Å²) in [5.74, 6) is 6.12. The normalized spacial score (nSPS) is 17.1. The lowest BCUT2D eigenvalue weighted by molar-refractivity contribution is -0.119. The molecule has 0 radical (unpaired) electrons. The van der Waals surface area contributed by atoms with E-state index in [4.69, 9.17) is 10.6 Å². The number of nitrogens with two attached hydrogens (primary N) is 1. The Labute approximate surface area is 142 Å². The Morgan fingerprint density at radius 3 is 2.92 bits per heavy atom. The molecule has 1 unspecified atom stereocenters. The van der Waals surface area contributed by atoms with Crippen molar-refractivity contribution in [3.8, 4) is 11.4 Å². The molecule has 0 spiro atoms. The summed E-state index contributed by atoms with van der Waals surface area (Å²) in [4.78, 5) is 11.9. The van der Waals surface area contributed by atoms with E-state index in [0.29, 0.717) is 23.1 Å². The molecular formula is C15H18FN5O2S. The average Bonchev–Trinajstić information content (AvgIpc) is 3.22. The Kier molecular flexibility index (Phi) is 5.31. The van der Waals surface area contributed by atoms with Gasteiger partial charge in [-0.25, -0.2) is 9.07 Å². The lowest BCUT2D eigenvalue weighted by atomic mass is 10.2. The van der Waals surface area contributed by atoms with Crippen LogP contribution in [0, 0.1) is 5.82 Å². The predicted octanol–water partition coefficient (Wildman–Crippen LogP) is 1.19. The second-order valence-corrected chi connectivity index (χ2v) is 6.35. The minimum atomic E-state index is -0.334. The van der Waals surface area contributed by atoms with Crippen molar-refractivity contribution in [2.75, 3.05) is 24.7 Å². The minimum Gasteiger partial charge on any atom is -0.376 e. The van der Waals surface area contributed by atoms with E-state index in [1.54, 1.807) is 12.1 Å². The molecule has 24 heavy (non-hydrogen) atoms. The van der Waals surface area contributed by atoms with Crippen LogP contribution in [0.5, 0.6) is 0 Å². The predicted molar refractivity (Wildman–Crippen MR) is 88.3 cm³/mol. The van der Waals surface area contributed by atoms with Crippen LogP contribution >= 0.6 is 11.8 Å². The molecule has 1 saturated heterocycles. The van der Waals surface area contributed by atoms with Crippen LogP contribution in [0.3, 0.4) is 0 Å². The molecule has 128 valence electrons. The third kappa shape index (κ3) is 4.04. The SMILES string of the molecule is Nn1c(SCC(=O)NCC2CCCO2)nnc1-c1ccc(F)cc1. The van der Waals surface area contributed by atoms with Gasteiger partial charge in [0.25, 0.3) is 0 Å². The number of carbonyl (C=O) groups excluding carboxylic acids is 1. The van der Waals surface area contributed by atoms with Gasteiger partial charge in [0.05, 0.1) is 11.9 Å². The molecule has 2 aromatic rings. The van der Waals surface area contributed by atoms with E-state index in [2.05, 4.69) is 15.5 Å². The molecule has 7 nitrogen and oxygen atoms in total. The second kappa shape index (κ2) is 7.63. The van der Waals surface area contributed by atoms with Crippen molar-refractivity contribution in [2.24, 2.45) is 0 Å². The zero-order valence-electron chi connectivity index (χ0n) is 12.9. The first-order chi connectivity index (χ1) is 11.6. The Morgan fingerprint density at radius 1 is 1.42 bits per heavy atom. The number of carbonyl (C=O) groups is 1. The highest BCUT2D eigenvalue weighted by atomic mass is 32.2. The van der Waals surface area contributed by atoms with Crippen LogP contribution in [0.1, 0.15) is 12.8 Å². The topological polar surface area (TPSA) is 95.1 Å². The maximum atomic E-state index is 13.0. The van der Waals surface area contributed by atoms with Crippen molar-refractivity contribution in [3.63, 3.8) is 0 Å². The average molecular weight is 351 g/mol. The van der Waals surface area contributed by atoms with E-state index in [9.17, 15) is 9.18 Å². The summed E-state index contributed by atoms with van der Waals surface area (Å²) in [6.07, 6.45) is 2.13. The number of amides is 1. The van der Waals surface area contributed by atoms with Gasteiger partial charge in [-0.05, 0) is 37.1 Å². The zero-order chi connectivity index (χ0) is 16.9. The number of hydrogen-bond acceptors (Lipinski definition) is 6. The molecule has 0 bridgehead atoms. The van der Waals surface area contributed by atoms with Crippen molar-refractivity contribution in [1.82, 2.24) is 20.2 Å². The molecule has 9 heteroatoms. The Bertz CT molecular complexity index is 700. The summed E-state index contributed by atoms with van der Waals surface area (Å²) in [6, 6.07) is 5.81. The second-order valence-electron chi connectivity index (χ2n) is 5.41. The van der Waals surface area contributed by atoms with Crippen molar-refractivity contribution < 1.29 is 13.9 Å². The number of aromatic nitrogens is 3. The molecular weight excluding hydrogens is 333 g/mol. The van der Waals surface area contributed by atoms with Gasteiger partial charge in [-0.15, -0.1) is 10.2 Å². The van der Waals surface area contributed by atoms with Crippen LogP contribution < -0.4 is 11.2 Å². The fourth-order valence-corrected chi connectivity index (χ4v) is 3.07. The van der Waals surface area contributed by atoms with Gasteiger partial charge in [-0.3, -0.25) is 4.79 Å². The number of ether oxygens (including phenoxy) is 1. The van der Waals surface area contributed by atoms with Crippen LogP contribution in [-0.2, 0) is 9.53 Å². The van der Waals surface area contributed by atoms with E-state index in [0.717, 1.165) is 19.4 Å². The van der Waals surface area contributed by atoms with E-state index < -0.39 is 0 Å². The van der Waals surface area contributed by atoms with Crippen molar-refractivity contribution in [2.45, 2.75) is 24.1 Å². The third-order valence-corrected chi connectivity index (χ3v) is 4.59. The van der Waals surface area contributed by atoms with Crippen LogP contribution in [0.4, 0.5) is 4.39 Å². The van der Waals surface area contributed by atoms with Crippen LogP contribution in [0.15, 0.2) is 29.4 Å². The highest BCUT2D eigenvalue weighted by Gasteiger charge is 2.17.